The number of carbonyl (C=O) groups excluding carboxylic acids is 2. The normalized spacial score (nSPS) is 10.3. The maximum Gasteiger partial charge on any atom is 0.276 e. The zero-order valence-electron chi connectivity index (χ0n) is 16.0. The average Bonchev–Trinajstić information content (AvgIpc) is 2.70. The third-order valence-corrected chi connectivity index (χ3v) is 4.37. The number of amides is 2. The molecule has 0 radical (unpaired) electrons. The molecule has 0 unspecified atom stereocenters. The highest BCUT2D eigenvalue weighted by molar-refractivity contribution is 9.10. The number of nitrogens with one attached hydrogen (secondary N) is 2. The highest BCUT2D eigenvalue weighted by Gasteiger charge is 2.09. The SMILES string of the molecule is COc1ccc(OCC(=O)NNC(=O)COc2ccc(C(C)C)cc2Br)cc1. The molecule has 2 amide bonds. The minimum atomic E-state index is -0.494. The molecule has 28 heavy (non-hydrogen) atoms. The topological polar surface area (TPSA) is 85.9 Å². The van der Waals surface area contributed by atoms with E-state index in [2.05, 4.69) is 40.6 Å². The van der Waals surface area contributed by atoms with Crippen molar-refractivity contribution in [1.29, 1.82) is 0 Å². The predicted molar refractivity (Wildman–Crippen MR) is 109 cm³/mol. The molecular formula is C20H23BrN2O5. The maximum atomic E-state index is 11.8. The van der Waals surface area contributed by atoms with Crippen molar-refractivity contribution in [2.45, 2.75) is 19.8 Å². The van der Waals surface area contributed by atoms with Crippen LogP contribution in [0.15, 0.2) is 46.9 Å². The molecule has 0 aromatic heterocycles. The lowest BCUT2D eigenvalue weighted by molar-refractivity contribution is -0.131. The van der Waals surface area contributed by atoms with Crippen LogP contribution in [0.25, 0.3) is 0 Å². The molecule has 0 fully saturated rings. The van der Waals surface area contributed by atoms with Crippen LogP contribution in [0.3, 0.4) is 0 Å². The van der Waals surface area contributed by atoms with Gasteiger partial charge in [0.1, 0.15) is 17.2 Å². The van der Waals surface area contributed by atoms with Crippen LogP contribution in [-0.2, 0) is 9.59 Å². The van der Waals surface area contributed by atoms with Crippen LogP contribution in [0.4, 0.5) is 0 Å². The lowest BCUT2D eigenvalue weighted by atomic mass is 10.0. The molecular weight excluding hydrogens is 428 g/mol. The van der Waals surface area contributed by atoms with Crippen LogP contribution >= 0.6 is 15.9 Å². The first-order valence-corrected chi connectivity index (χ1v) is 9.45. The fraction of sp³-hybridized carbons (Fsp3) is 0.300. The smallest absolute Gasteiger partial charge is 0.276 e. The average molecular weight is 451 g/mol. The number of hydrogen-bond acceptors (Lipinski definition) is 5. The first-order valence-electron chi connectivity index (χ1n) is 8.66. The van der Waals surface area contributed by atoms with Gasteiger partial charge in [-0.3, -0.25) is 20.4 Å². The van der Waals surface area contributed by atoms with E-state index in [9.17, 15) is 9.59 Å². The molecule has 0 aliphatic rings. The Kier molecular flexibility index (Phi) is 8.13. The summed E-state index contributed by atoms with van der Waals surface area (Å²) in [6, 6.07) is 12.5. The number of carbonyl (C=O) groups is 2. The van der Waals surface area contributed by atoms with E-state index in [1.54, 1.807) is 37.4 Å². The molecule has 0 bridgehead atoms. The second-order valence-corrected chi connectivity index (χ2v) is 7.05. The van der Waals surface area contributed by atoms with E-state index < -0.39 is 11.8 Å². The van der Waals surface area contributed by atoms with Crippen LogP contribution in [0, 0.1) is 0 Å². The van der Waals surface area contributed by atoms with Crippen LogP contribution < -0.4 is 25.1 Å². The zero-order chi connectivity index (χ0) is 20.5. The van der Waals surface area contributed by atoms with Crippen molar-refractivity contribution in [3.63, 3.8) is 0 Å². The van der Waals surface area contributed by atoms with Crippen molar-refractivity contribution in [3.8, 4) is 17.2 Å². The van der Waals surface area contributed by atoms with Gasteiger partial charge in [0, 0.05) is 0 Å². The monoisotopic (exact) mass is 450 g/mol. The molecule has 0 aliphatic carbocycles. The minimum absolute atomic E-state index is 0.237. The number of hydrazine groups is 1. The molecule has 2 N–H and O–H groups in total. The maximum absolute atomic E-state index is 11.8. The number of ether oxygens (including phenoxy) is 3. The Balaban J connectivity index is 1.70. The first-order chi connectivity index (χ1) is 13.4. The van der Waals surface area contributed by atoms with Crippen LogP contribution in [-0.4, -0.2) is 32.1 Å². The standard InChI is InChI=1S/C20H23BrN2O5/c1-13(2)14-4-9-18(17(21)10-14)28-12-20(25)23-22-19(24)11-27-16-7-5-15(26-3)6-8-16/h4-10,13H,11-12H2,1-3H3,(H,22,24)(H,23,25). The molecule has 0 saturated carbocycles. The highest BCUT2D eigenvalue weighted by atomic mass is 79.9. The molecule has 150 valence electrons. The zero-order valence-corrected chi connectivity index (χ0v) is 17.5. The Labute approximate surface area is 172 Å². The van der Waals surface area contributed by atoms with Crippen molar-refractivity contribution < 1.29 is 23.8 Å². The second kappa shape index (κ2) is 10.6. The highest BCUT2D eigenvalue weighted by Crippen LogP contribution is 2.28. The van der Waals surface area contributed by atoms with E-state index in [4.69, 9.17) is 14.2 Å². The van der Waals surface area contributed by atoms with Crippen LogP contribution in [0.1, 0.15) is 25.3 Å². The van der Waals surface area contributed by atoms with Crippen molar-refractivity contribution in [2.75, 3.05) is 20.3 Å². The van der Waals surface area contributed by atoms with Crippen molar-refractivity contribution in [2.24, 2.45) is 0 Å². The number of methoxy groups -OCH3 is 1. The van der Waals surface area contributed by atoms with Gasteiger partial charge in [-0.1, -0.05) is 19.9 Å². The number of benzene rings is 2. The third kappa shape index (κ3) is 6.77. The summed E-state index contributed by atoms with van der Waals surface area (Å²) >= 11 is 3.43. The predicted octanol–water partition coefficient (Wildman–Crippen LogP) is 3.19. The van der Waals surface area contributed by atoms with Gasteiger partial charge >= 0.3 is 0 Å². The number of hydrogen-bond donors (Lipinski definition) is 2. The van der Waals surface area contributed by atoms with Crippen LogP contribution in [0.2, 0.25) is 0 Å². The van der Waals surface area contributed by atoms with E-state index in [1.807, 2.05) is 12.1 Å². The van der Waals surface area contributed by atoms with Gasteiger partial charge in [-0.25, -0.2) is 0 Å². The number of rotatable bonds is 8. The summed E-state index contributed by atoms with van der Waals surface area (Å²) in [5.74, 6) is 1.16. The van der Waals surface area contributed by atoms with E-state index in [0.29, 0.717) is 23.2 Å². The van der Waals surface area contributed by atoms with E-state index in [1.165, 1.54) is 0 Å². The Morgan fingerprint density at radius 1 is 0.929 bits per heavy atom. The van der Waals surface area contributed by atoms with E-state index in [-0.39, 0.29) is 13.2 Å². The van der Waals surface area contributed by atoms with Gasteiger partial charge in [-0.05, 0) is 63.8 Å². The van der Waals surface area contributed by atoms with E-state index >= 15 is 0 Å². The molecule has 0 atom stereocenters. The molecule has 0 heterocycles. The van der Waals surface area contributed by atoms with Gasteiger partial charge in [0.15, 0.2) is 13.2 Å². The van der Waals surface area contributed by atoms with Gasteiger partial charge in [-0.15, -0.1) is 0 Å². The summed E-state index contributed by atoms with van der Waals surface area (Å²) in [4.78, 5) is 23.6. The van der Waals surface area contributed by atoms with Gasteiger partial charge in [0.2, 0.25) is 0 Å². The van der Waals surface area contributed by atoms with Gasteiger partial charge < -0.3 is 14.2 Å². The quantitative estimate of drug-likeness (QED) is 0.603. The molecule has 2 aromatic rings. The Hall–Kier alpha value is -2.74. The number of halogens is 1. The Bertz CT molecular complexity index is 809. The fourth-order valence-corrected chi connectivity index (χ4v) is 2.68. The summed E-state index contributed by atoms with van der Waals surface area (Å²) < 4.78 is 16.6. The largest absolute Gasteiger partial charge is 0.497 e. The first kappa shape index (κ1) is 21.6. The summed E-state index contributed by atoms with van der Waals surface area (Å²) in [7, 11) is 1.56. The molecule has 0 aliphatic heterocycles. The lowest BCUT2D eigenvalue weighted by Crippen LogP contribution is -2.45. The molecule has 7 nitrogen and oxygen atoms in total. The van der Waals surface area contributed by atoms with Crippen LogP contribution in [0.5, 0.6) is 17.2 Å². The summed E-state index contributed by atoms with van der Waals surface area (Å²) in [5, 5.41) is 0. The van der Waals surface area contributed by atoms with E-state index in [0.717, 1.165) is 10.0 Å². The Morgan fingerprint density at radius 3 is 2.04 bits per heavy atom. The van der Waals surface area contributed by atoms with Crippen molar-refractivity contribution in [3.05, 3.63) is 52.5 Å². The van der Waals surface area contributed by atoms with Crippen molar-refractivity contribution >= 4 is 27.7 Å². The van der Waals surface area contributed by atoms with Crippen molar-refractivity contribution in [1.82, 2.24) is 10.9 Å². The summed E-state index contributed by atoms with van der Waals surface area (Å²) in [6.45, 7) is 3.71. The molecule has 8 heteroatoms. The third-order valence-electron chi connectivity index (χ3n) is 3.75. The fourth-order valence-electron chi connectivity index (χ4n) is 2.17. The summed E-state index contributed by atoms with van der Waals surface area (Å²) in [5.41, 5.74) is 5.71. The Morgan fingerprint density at radius 2 is 1.50 bits per heavy atom. The minimum Gasteiger partial charge on any atom is -0.497 e. The summed E-state index contributed by atoms with van der Waals surface area (Å²) in [6.07, 6.45) is 0. The lowest BCUT2D eigenvalue weighted by Gasteiger charge is -2.12. The second-order valence-electron chi connectivity index (χ2n) is 6.19. The molecule has 0 saturated heterocycles. The van der Waals surface area contributed by atoms with Gasteiger partial charge in [0.05, 0.1) is 11.6 Å². The molecule has 0 spiro atoms. The van der Waals surface area contributed by atoms with Gasteiger partial charge in [0.25, 0.3) is 11.8 Å². The van der Waals surface area contributed by atoms with Gasteiger partial charge in [-0.2, -0.15) is 0 Å². The molecule has 2 aromatic carbocycles. The molecule has 2 rings (SSSR count).